The van der Waals surface area contributed by atoms with E-state index in [9.17, 15) is 14.7 Å². The number of phenolic OH excluding ortho intramolecular Hbond substituents is 1. The van der Waals surface area contributed by atoms with E-state index >= 15 is 0 Å². The average Bonchev–Trinajstić information content (AvgIpc) is 2.43. The lowest BCUT2D eigenvalue weighted by molar-refractivity contribution is -0.137. The summed E-state index contributed by atoms with van der Waals surface area (Å²) in [6.07, 6.45) is 0. The van der Waals surface area contributed by atoms with E-state index in [1.165, 1.54) is 6.92 Å². The predicted octanol–water partition coefficient (Wildman–Crippen LogP) is 2.85. The van der Waals surface area contributed by atoms with Crippen LogP contribution in [0.4, 0.5) is 0 Å². The SMILES string of the molecule is C=C(C)C(=O)OCC(=O)c1ccc2cc(O)ccc2c1. The number of esters is 1. The highest BCUT2D eigenvalue weighted by Crippen LogP contribution is 2.21. The first-order valence-electron chi connectivity index (χ1n) is 6.06. The van der Waals surface area contributed by atoms with Gasteiger partial charge in [0.1, 0.15) is 5.75 Å². The van der Waals surface area contributed by atoms with Crippen LogP contribution in [0.5, 0.6) is 5.75 Å². The van der Waals surface area contributed by atoms with Gasteiger partial charge in [0.15, 0.2) is 12.4 Å². The van der Waals surface area contributed by atoms with Crippen molar-refractivity contribution in [1.82, 2.24) is 0 Å². The zero-order valence-electron chi connectivity index (χ0n) is 11.1. The molecule has 102 valence electrons. The maximum atomic E-state index is 11.9. The van der Waals surface area contributed by atoms with Crippen molar-refractivity contribution in [2.75, 3.05) is 6.61 Å². The van der Waals surface area contributed by atoms with Gasteiger partial charge in [-0.3, -0.25) is 4.79 Å². The first-order valence-corrected chi connectivity index (χ1v) is 6.06. The molecule has 0 unspecified atom stereocenters. The lowest BCUT2D eigenvalue weighted by Gasteiger charge is -2.05. The van der Waals surface area contributed by atoms with Crippen LogP contribution >= 0.6 is 0 Å². The third kappa shape index (κ3) is 3.03. The monoisotopic (exact) mass is 270 g/mol. The highest BCUT2D eigenvalue weighted by atomic mass is 16.5. The predicted molar refractivity (Wildman–Crippen MR) is 75.7 cm³/mol. The highest BCUT2D eigenvalue weighted by molar-refractivity contribution is 6.02. The lowest BCUT2D eigenvalue weighted by Crippen LogP contribution is -2.14. The van der Waals surface area contributed by atoms with Gasteiger partial charge in [-0.05, 0) is 35.9 Å². The van der Waals surface area contributed by atoms with Crippen LogP contribution in [0.15, 0.2) is 48.6 Å². The number of carbonyl (C=O) groups excluding carboxylic acids is 2. The minimum absolute atomic E-state index is 0.173. The Balaban J connectivity index is 2.16. The summed E-state index contributed by atoms with van der Waals surface area (Å²) in [5.74, 6) is -0.689. The molecule has 0 amide bonds. The number of hydrogen-bond acceptors (Lipinski definition) is 4. The molecule has 2 aromatic rings. The Labute approximate surface area is 116 Å². The Kier molecular flexibility index (Phi) is 3.84. The Morgan fingerprint density at radius 2 is 1.80 bits per heavy atom. The summed E-state index contributed by atoms with van der Waals surface area (Å²) in [5.41, 5.74) is 0.712. The Morgan fingerprint density at radius 3 is 2.50 bits per heavy atom. The molecule has 20 heavy (non-hydrogen) atoms. The van der Waals surface area contributed by atoms with Crippen LogP contribution in [0.1, 0.15) is 17.3 Å². The molecule has 0 fully saturated rings. The zero-order chi connectivity index (χ0) is 14.7. The van der Waals surface area contributed by atoms with E-state index in [-0.39, 0.29) is 23.7 Å². The van der Waals surface area contributed by atoms with Gasteiger partial charge in [0.2, 0.25) is 0 Å². The minimum Gasteiger partial charge on any atom is -0.508 e. The fourth-order valence-corrected chi connectivity index (χ4v) is 1.74. The van der Waals surface area contributed by atoms with Crippen molar-refractivity contribution in [2.45, 2.75) is 6.92 Å². The van der Waals surface area contributed by atoms with Crippen molar-refractivity contribution < 1.29 is 19.4 Å². The van der Waals surface area contributed by atoms with Gasteiger partial charge in [-0.2, -0.15) is 0 Å². The zero-order valence-corrected chi connectivity index (χ0v) is 11.1. The van der Waals surface area contributed by atoms with Gasteiger partial charge in [-0.25, -0.2) is 4.79 Å². The molecule has 0 aliphatic heterocycles. The van der Waals surface area contributed by atoms with Gasteiger partial charge < -0.3 is 9.84 Å². The second-order valence-electron chi connectivity index (χ2n) is 4.53. The number of phenols is 1. The third-order valence-electron chi connectivity index (χ3n) is 2.83. The molecule has 4 nitrogen and oxygen atoms in total. The summed E-state index contributed by atoms with van der Waals surface area (Å²) < 4.78 is 4.82. The molecule has 4 heteroatoms. The molecular weight excluding hydrogens is 256 g/mol. The van der Waals surface area contributed by atoms with Gasteiger partial charge >= 0.3 is 5.97 Å². The molecule has 0 saturated heterocycles. The van der Waals surface area contributed by atoms with Crippen LogP contribution in [0.25, 0.3) is 10.8 Å². The van der Waals surface area contributed by atoms with Crippen LogP contribution < -0.4 is 0 Å². The van der Waals surface area contributed by atoms with Crippen molar-refractivity contribution in [3.63, 3.8) is 0 Å². The van der Waals surface area contributed by atoms with E-state index in [2.05, 4.69) is 6.58 Å². The number of benzene rings is 2. The highest BCUT2D eigenvalue weighted by Gasteiger charge is 2.11. The first kappa shape index (κ1) is 13.8. The van der Waals surface area contributed by atoms with Crippen LogP contribution in [-0.2, 0) is 9.53 Å². The molecule has 0 aromatic heterocycles. The molecule has 0 saturated carbocycles. The first-order chi connectivity index (χ1) is 9.47. The van der Waals surface area contributed by atoms with Crippen LogP contribution in [0.2, 0.25) is 0 Å². The smallest absolute Gasteiger partial charge is 0.333 e. The van der Waals surface area contributed by atoms with Gasteiger partial charge in [0.05, 0.1) is 0 Å². The Hall–Kier alpha value is -2.62. The summed E-state index contributed by atoms with van der Waals surface area (Å²) >= 11 is 0. The number of aromatic hydroxyl groups is 1. The Morgan fingerprint density at radius 1 is 1.15 bits per heavy atom. The van der Waals surface area contributed by atoms with E-state index in [0.29, 0.717) is 5.56 Å². The van der Waals surface area contributed by atoms with Crippen LogP contribution in [0, 0.1) is 0 Å². The normalized spacial score (nSPS) is 10.2. The molecule has 0 radical (unpaired) electrons. The second-order valence-corrected chi connectivity index (χ2v) is 4.53. The molecule has 0 heterocycles. The fraction of sp³-hybridized carbons (Fsp3) is 0.125. The summed E-state index contributed by atoms with van der Waals surface area (Å²) in [7, 11) is 0. The maximum absolute atomic E-state index is 11.9. The molecule has 0 bridgehead atoms. The fourth-order valence-electron chi connectivity index (χ4n) is 1.74. The maximum Gasteiger partial charge on any atom is 0.333 e. The number of carbonyl (C=O) groups is 2. The summed E-state index contributed by atoms with van der Waals surface area (Å²) in [6.45, 7) is 4.66. The van der Waals surface area contributed by atoms with E-state index in [1.807, 2.05) is 0 Å². The van der Waals surface area contributed by atoms with Crippen molar-refractivity contribution in [3.05, 3.63) is 54.1 Å². The molecule has 2 rings (SSSR count). The van der Waals surface area contributed by atoms with Crippen LogP contribution in [-0.4, -0.2) is 23.5 Å². The van der Waals surface area contributed by atoms with Gasteiger partial charge in [0, 0.05) is 11.1 Å². The van der Waals surface area contributed by atoms with E-state index in [0.717, 1.165) is 10.8 Å². The van der Waals surface area contributed by atoms with E-state index < -0.39 is 5.97 Å². The summed E-state index contributed by atoms with van der Waals surface area (Å²) in [6, 6.07) is 9.97. The number of fused-ring (bicyclic) bond motifs is 1. The topological polar surface area (TPSA) is 63.6 Å². The van der Waals surface area contributed by atoms with Crippen molar-refractivity contribution in [2.24, 2.45) is 0 Å². The molecule has 0 spiro atoms. The van der Waals surface area contributed by atoms with E-state index in [4.69, 9.17) is 4.74 Å². The van der Waals surface area contributed by atoms with Crippen molar-refractivity contribution >= 4 is 22.5 Å². The lowest BCUT2D eigenvalue weighted by atomic mass is 10.0. The minimum atomic E-state index is -0.580. The molecular formula is C16H14O4. The summed E-state index contributed by atoms with van der Waals surface area (Å²) in [5, 5.41) is 11.0. The molecule has 0 atom stereocenters. The molecule has 1 N–H and O–H groups in total. The number of hydrogen-bond donors (Lipinski definition) is 1. The number of rotatable bonds is 4. The third-order valence-corrected chi connectivity index (χ3v) is 2.83. The van der Waals surface area contributed by atoms with Gasteiger partial charge in [-0.1, -0.05) is 24.8 Å². The van der Waals surface area contributed by atoms with E-state index in [1.54, 1.807) is 36.4 Å². The van der Waals surface area contributed by atoms with Crippen LogP contribution in [0.3, 0.4) is 0 Å². The number of Topliss-reactive ketones (excluding diaryl/α,β-unsaturated/α-hetero) is 1. The second kappa shape index (κ2) is 5.57. The quantitative estimate of drug-likeness (QED) is 0.527. The molecule has 0 aliphatic carbocycles. The molecule has 0 aliphatic rings. The summed E-state index contributed by atoms with van der Waals surface area (Å²) in [4.78, 5) is 23.2. The van der Waals surface area contributed by atoms with Gasteiger partial charge in [-0.15, -0.1) is 0 Å². The largest absolute Gasteiger partial charge is 0.508 e. The Bertz CT molecular complexity index is 701. The van der Waals surface area contributed by atoms with Crippen molar-refractivity contribution in [1.29, 1.82) is 0 Å². The van der Waals surface area contributed by atoms with Gasteiger partial charge in [0.25, 0.3) is 0 Å². The van der Waals surface area contributed by atoms with Crippen molar-refractivity contribution in [3.8, 4) is 5.75 Å². The standard InChI is InChI=1S/C16H14O4/c1-10(2)16(19)20-9-15(18)13-4-3-12-8-14(17)6-5-11(12)7-13/h3-8,17H,1,9H2,2H3. The molecule has 2 aromatic carbocycles. The number of ketones is 1. The number of ether oxygens (including phenoxy) is 1. The average molecular weight is 270 g/mol.